The van der Waals surface area contributed by atoms with Crippen LogP contribution in [0.15, 0.2) is 24.3 Å². The van der Waals surface area contributed by atoms with E-state index in [4.69, 9.17) is 4.74 Å². The number of rotatable bonds is 7. The van der Waals surface area contributed by atoms with Gasteiger partial charge >= 0.3 is 6.18 Å². The Labute approximate surface area is 123 Å². The minimum Gasteiger partial charge on any atom is -0.473 e. The molecule has 1 atom stereocenters. The van der Waals surface area contributed by atoms with Crippen molar-refractivity contribution in [3.63, 3.8) is 0 Å². The average molecular weight is 301 g/mol. The maximum Gasteiger partial charge on any atom is 0.416 e. The summed E-state index contributed by atoms with van der Waals surface area (Å²) in [7, 11) is 1.86. The Hall–Kier alpha value is -1.23. The van der Waals surface area contributed by atoms with E-state index in [1.165, 1.54) is 12.1 Å². The van der Waals surface area contributed by atoms with E-state index in [2.05, 4.69) is 12.2 Å². The highest BCUT2D eigenvalue weighted by molar-refractivity contribution is 5.29. The van der Waals surface area contributed by atoms with Crippen LogP contribution in [0.3, 0.4) is 0 Å². The highest BCUT2D eigenvalue weighted by Gasteiger charge is 2.46. The smallest absolute Gasteiger partial charge is 0.416 e. The molecule has 1 aliphatic carbocycles. The molecule has 0 spiro atoms. The zero-order valence-corrected chi connectivity index (χ0v) is 12.5. The monoisotopic (exact) mass is 301 g/mol. The summed E-state index contributed by atoms with van der Waals surface area (Å²) in [4.78, 5) is 0. The lowest BCUT2D eigenvalue weighted by Gasteiger charge is -2.35. The molecule has 0 radical (unpaired) electrons. The van der Waals surface area contributed by atoms with Gasteiger partial charge in [-0.15, -0.1) is 0 Å². The Bertz CT molecular complexity index is 454. The second kappa shape index (κ2) is 6.26. The van der Waals surface area contributed by atoms with E-state index in [-0.39, 0.29) is 0 Å². The number of hydrogen-bond donors (Lipinski definition) is 1. The number of halogens is 3. The second-order valence-corrected chi connectivity index (χ2v) is 5.64. The molecular weight excluding hydrogens is 279 g/mol. The number of benzene rings is 1. The highest BCUT2D eigenvalue weighted by atomic mass is 19.4. The molecule has 1 aliphatic rings. The van der Waals surface area contributed by atoms with Gasteiger partial charge < -0.3 is 4.74 Å². The lowest BCUT2D eigenvalue weighted by atomic mass is 10.0. The van der Waals surface area contributed by atoms with Gasteiger partial charge in [-0.2, -0.15) is 13.2 Å². The third-order valence-electron chi connectivity index (χ3n) is 4.04. The zero-order chi connectivity index (χ0) is 15.5. The van der Waals surface area contributed by atoms with Crippen LogP contribution in [-0.2, 0) is 6.18 Å². The van der Waals surface area contributed by atoms with E-state index >= 15 is 0 Å². The third-order valence-corrected chi connectivity index (χ3v) is 4.04. The van der Waals surface area contributed by atoms with Crippen molar-refractivity contribution >= 4 is 0 Å². The van der Waals surface area contributed by atoms with Crippen molar-refractivity contribution in [3.05, 3.63) is 29.8 Å². The first-order valence-electron chi connectivity index (χ1n) is 7.46. The first kappa shape index (κ1) is 16.1. The Balaban J connectivity index is 2.13. The number of ether oxygens (including phenoxy) is 1. The third kappa shape index (κ3) is 3.90. The van der Waals surface area contributed by atoms with Crippen molar-refractivity contribution < 1.29 is 17.9 Å². The summed E-state index contributed by atoms with van der Waals surface area (Å²) < 4.78 is 43.8. The summed E-state index contributed by atoms with van der Waals surface area (Å²) in [5.74, 6) is 0.927. The minimum atomic E-state index is -4.31. The van der Waals surface area contributed by atoms with Gasteiger partial charge in [-0.1, -0.05) is 13.3 Å². The standard InChI is InChI=1S/C16H22F3NO/c1-3-4-11-15(20-2,12-5-6-12)21-14-9-7-13(8-10-14)16(17,18)19/h7-10,12,20H,3-6,11H2,1-2H3. The lowest BCUT2D eigenvalue weighted by molar-refractivity contribution is -0.137. The average Bonchev–Trinajstić information content (AvgIpc) is 3.28. The van der Waals surface area contributed by atoms with E-state index in [1.807, 2.05) is 7.05 Å². The van der Waals surface area contributed by atoms with Gasteiger partial charge in [-0.25, -0.2) is 0 Å². The Morgan fingerprint density at radius 3 is 2.24 bits per heavy atom. The molecular formula is C16H22F3NO. The van der Waals surface area contributed by atoms with E-state index in [0.717, 1.165) is 44.2 Å². The summed E-state index contributed by atoms with van der Waals surface area (Å²) >= 11 is 0. The van der Waals surface area contributed by atoms with Crippen LogP contribution in [0.2, 0.25) is 0 Å². The fourth-order valence-electron chi connectivity index (χ4n) is 2.63. The zero-order valence-electron chi connectivity index (χ0n) is 12.5. The topological polar surface area (TPSA) is 21.3 Å². The van der Waals surface area contributed by atoms with Crippen LogP contribution < -0.4 is 10.1 Å². The molecule has 2 rings (SSSR count). The van der Waals surface area contributed by atoms with Gasteiger partial charge in [0, 0.05) is 12.3 Å². The molecule has 0 aliphatic heterocycles. The summed E-state index contributed by atoms with van der Waals surface area (Å²) in [6, 6.07) is 4.96. The number of nitrogens with one attached hydrogen (secondary N) is 1. The van der Waals surface area contributed by atoms with E-state index in [1.54, 1.807) is 0 Å². The van der Waals surface area contributed by atoms with Crippen LogP contribution in [-0.4, -0.2) is 12.8 Å². The van der Waals surface area contributed by atoms with Crippen molar-refractivity contribution in [2.24, 2.45) is 5.92 Å². The molecule has 0 amide bonds. The molecule has 1 unspecified atom stereocenters. The van der Waals surface area contributed by atoms with Gasteiger partial charge in [0.1, 0.15) is 5.75 Å². The summed E-state index contributed by atoms with van der Waals surface area (Å²) in [5, 5.41) is 3.26. The van der Waals surface area contributed by atoms with Crippen LogP contribution in [0.1, 0.15) is 44.6 Å². The van der Waals surface area contributed by atoms with Crippen LogP contribution >= 0.6 is 0 Å². The van der Waals surface area contributed by atoms with E-state index < -0.39 is 17.5 Å². The van der Waals surface area contributed by atoms with Crippen molar-refractivity contribution in [2.75, 3.05) is 7.05 Å². The van der Waals surface area contributed by atoms with Crippen LogP contribution in [0, 0.1) is 5.92 Å². The summed E-state index contributed by atoms with van der Waals surface area (Å²) in [6.45, 7) is 2.12. The second-order valence-electron chi connectivity index (χ2n) is 5.64. The summed E-state index contributed by atoms with van der Waals surface area (Å²) in [6.07, 6.45) is 0.851. The molecule has 0 aromatic heterocycles. The molecule has 21 heavy (non-hydrogen) atoms. The largest absolute Gasteiger partial charge is 0.473 e. The molecule has 1 aromatic rings. The maximum absolute atomic E-state index is 12.6. The molecule has 0 bridgehead atoms. The van der Waals surface area contributed by atoms with Gasteiger partial charge in [-0.3, -0.25) is 5.32 Å². The Morgan fingerprint density at radius 1 is 1.19 bits per heavy atom. The van der Waals surface area contributed by atoms with Gasteiger partial charge in [0.15, 0.2) is 5.72 Å². The minimum absolute atomic E-state index is 0.441. The predicted molar refractivity (Wildman–Crippen MR) is 76.1 cm³/mol. The molecule has 1 fully saturated rings. The van der Waals surface area contributed by atoms with Crippen molar-refractivity contribution in [2.45, 2.75) is 50.9 Å². The van der Waals surface area contributed by atoms with Crippen molar-refractivity contribution in [1.29, 1.82) is 0 Å². The molecule has 118 valence electrons. The Kier molecular flexibility index (Phi) is 4.81. The van der Waals surface area contributed by atoms with Crippen molar-refractivity contribution in [1.82, 2.24) is 5.32 Å². The van der Waals surface area contributed by atoms with Gasteiger partial charge in [0.25, 0.3) is 0 Å². The molecule has 1 aromatic carbocycles. The number of unbranched alkanes of at least 4 members (excludes halogenated alkanes) is 1. The van der Waals surface area contributed by atoms with E-state index in [9.17, 15) is 13.2 Å². The van der Waals surface area contributed by atoms with Gasteiger partial charge in [-0.05, 0) is 50.6 Å². The molecule has 2 nitrogen and oxygen atoms in total. The molecule has 1 saturated carbocycles. The molecule has 0 saturated heterocycles. The van der Waals surface area contributed by atoms with Crippen LogP contribution in [0.25, 0.3) is 0 Å². The van der Waals surface area contributed by atoms with Gasteiger partial charge in [0.05, 0.1) is 5.56 Å². The highest BCUT2D eigenvalue weighted by Crippen LogP contribution is 2.43. The maximum atomic E-state index is 12.6. The lowest BCUT2D eigenvalue weighted by Crippen LogP contribution is -2.50. The predicted octanol–water partition coefficient (Wildman–Crippen LogP) is 4.60. The van der Waals surface area contributed by atoms with Crippen molar-refractivity contribution in [3.8, 4) is 5.75 Å². The molecule has 0 heterocycles. The normalized spacial score (nSPS) is 18.3. The quantitative estimate of drug-likeness (QED) is 0.743. The summed E-state index contributed by atoms with van der Waals surface area (Å²) in [5.41, 5.74) is -1.10. The molecule has 5 heteroatoms. The van der Waals surface area contributed by atoms with E-state index in [0.29, 0.717) is 11.7 Å². The van der Waals surface area contributed by atoms with Crippen LogP contribution in [0.5, 0.6) is 5.75 Å². The van der Waals surface area contributed by atoms with Gasteiger partial charge in [0.2, 0.25) is 0 Å². The SMILES string of the molecule is CCCCC(NC)(Oc1ccc(C(F)(F)F)cc1)C1CC1. The number of alkyl halides is 3. The first-order chi connectivity index (χ1) is 9.91. The van der Waals surface area contributed by atoms with Crippen LogP contribution in [0.4, 0.5) is 13.2 Å². The fourth-order valence-corrected chi connectivity index (χ4v) is 2.63. The number of hydrogen-bond acceptors (Lipinski definition) is 2. The Morgan fingerprint density at radius 2 is 1.81 bits per heavy atom. The fraction of sp³-hybridized carbons (Fsp3) is 0.625. The first-order valence-corrected chi connectivity index (χ1v) is 7.46. The molecule has 1 N–H and O–H groups in total.